The summed E-state index contributed by atoms with van der Waals surface area (Å²) in [4.78, 5) is 0. The van der Waals surface area contributed by atoms with Crippen LogP contribution in [0.3, 0.4) is 0 Å². The fourth-order valence-electron chi connectivity index (χ4n) is 1.95. The van der Waals surface area contributed by atoms with Crippen LogP contribution in [0.4, 0.5) is 0 Å². The van der Waals surface area contributed by atoms with Crippen LogP contribution in [0.5, 0.6) is 0 Å². The Hall–Kier alpha value is -1.34. The van der Waals surface area contributed by atoms with Crippen molar-refractivity contribution in [3.05, 3.63) is 17.1 Å². The summed E-state index contributed by atoms with van der Waals surface area (Å²) in [5.74, 6) is 0.582. The number of rotatable bonds is 5. The second-order valence-electron chi connectivity index (χ2n) is 4.84. The third-order valence-electron chi connectivity index (χ3n) is 3.13. The van der Waals surface area contributed by atoms with Gasteiger partial charge < -0.3 is 9.73 Å². The van der Waals surface area contributed by atoms with Crippen molar-refractivity contribution in [2.24, 2.45) is 7.05 Å². The molecule has 6 nitrogen and oxygen atoms in total. The molecule has 1 saturated carbocycles. The predicted octanol–water partition coefficient (Wildman–Crippen LogP) is 1.82. The fraction of sp³-hybridized carbons (Fsp3) is 0.583. The summed E-state index contributed by atoms with van der Waals surface area (Å²) in [6.07, 6.45) is 2.56. The van der Waals surface area contributed by atoms with Gasteiger partial charge in [0.2, 0.25) is 5.89 Å². The van der Waals surface area contributed by atoms with E-state index in [9.17, 15) is 0 Å². The molecule has 0 radical (unpaired) electrons. The summed E-state index contributed by atoms with van der Waals surface area (Å²) >= 11 is 1.47. The highest BCUT2D eigenvalue weighted by Gasteiger charge is 2.23. The predicted molar refractivity (Wildman–Crippen MR) is 71.0 cm³/mol. The molecular formula is C12H17N5OS. The average molecular weight is 279 g/mol. The van der Waals surface area contributed by atoms with E-state index in [1.54, 1.807) is 6.92 Å². The second kappa shape index (κ2) is 4.97. The van der Waals surface area contributed by atoms with Crippen molar-refractivity contribution in [2.75, 3.05) is 0 Å². The Balaban J connectivity index is 1.81. The molecule has 102 valence electrons. The van der Waals surface area contributed by atoms with E-state index in [1.165, 1.54) is 30.2 Å². The van der Waals surface area contributed by atoms with E-state index < -0.39 is 0 Å². The Kier molecular flexibility index (Phi) is 3.32. The number of nitrogens with one attached hydrogen (secondary N) is 1. The molecule has 0 atom stereocenters. The molecular weight excluding hydrogens is 262 g/mol. The summed E-state index contributed by atoms with van der Waals surface area (Å²) in [5, 5.41) is 17.5. The van der Waals surface area contributed by atoms with Crippen molar-refractivity contribution in [1.82, 2.24) is 25.3 Å². The first-order valence-corrected chi connectivity index (χ1v) is 7.19. The number of hydrogen-bond acceptors (Lipinski definition) is 6. The Labute approximate surface area is 116 Å². The van der Waals surface area contributed by atoms with Gasteiger partial charge in [0.25, 0.3) is 5.22 Å². The molecule has 0 saturated heterocycles. The maximum atomic E-state index is 5.42. The van der Waals surface area contributed by atoms with Gasteiger partial charge in [0.05, 0.1) is 5.69 Å². The van der Waals surface area contributed by atoms with E-state index in [2.05, 4.69) is 20.6 Å². The van der Waals surface area contributed by atoms with Crippen molar-refractivity contribution >= 4 is 11.8 Å². The fourth-order valence-corrected chi connectivity index (χ4v) is 2.87. The van der Waals surface area contributed by atoms with Crippen molar-refractivity contribution in [1.29, 1.82) is 0 Å². The summed E-state index contributed by atoms with van der Waals surface area (Å²) in [6.45, 7) is 4.67. The number of hydrogen-bond donors (Lipinski definition) is 1. The van der Waals surface area contributed by atoms with Crippen LogP contribution >= 0.6 is 11.8 Å². The largest absolute Gasteiger partial charge is 0.416 e. The second-order valence-corrected chi connectivity index (χ2v) is 5.78. The number of nitrogens with zero attached hydrogens (tertiary/aromatic N) is 4. The first kappa shape index (κ1) is 12.7. The molecule has 1 N–H and O–H groups in total. The van der Waals surface area contributed by atoms with E-state index in [1.807, 2.05) is 18.7 Å². The normalized spacial score (nSPS) is 15.1. The minimum Gasteiger partial charge on any atom is -0.416 e. The summed E-state index contributed by atoms with van der Waals surface area (Å²) in [5.41, 5.74) is 2.27. The van der Waals surface area contributed by atoms with Gasteiger partial charge in [-0.15, -0.1) is 10.2 Å². The molecule has 0 spiro atoms. The topological polar surface area (TPSA) is 68.8 Å². The summed E-state index contributed by atoms with van der Waals surface area (Å²) in [6, 6.07) is 0.683. The maximum absolute atomic E-state index is 5.42. The standard InChI is InChI=1S/C12H17N5OS/c1-7-10(6-13-9-4-5-9)11(17(3)16-7)19-12-15-14-8(2)18-12/h9,13H,4-6H2,1-3H3. The average Bonchev–Trinajstić information content (AvgIpc) is 3.04. The summed E-state index contributed by atoms with van der Waals surface area (Å²) < 4.78 is 7.30. The molecule has 0 unspecified atom stereocenters. The van der Waals surface area contributed by atoms with Crippen LogP contribution in [0.25, 0.3) is 0 Å². The molecule has 1 fully saturated rings. The van der Waals surface area contributed by atoms with Gasteiger partial charge in [-0.2, -0.15) is 5.10 Å². The van der Waals surface area contributed by atoms with Gasteiger partial charge in [0, 0.05) is 32.1 Å². The SMILES string of the molecule is Cc1nnc(Sc2c(CNC3CC3)c(C)nn2C)o1. The molecule has 0 aliphatic heterocycles. The van der Waals surface area contributed by atoms with Gasteiger partial charge in [0.15, 0.2) is 0 Å². The van der Waals surface area contributed by atoms with E-state index in [0.29, 0.717) is 17.2 Å². The van der Waals surface area contributed by atoms with E-state index in [4.69, 9.17) is 4.42 Å². The number of aromatic nitrogens is 4. The third kappa shape index (κ3) is 2.82. The highest BCUT2D eigenvalue weighted by molar-refractivity contribution is 7.99. The molecule has 3 rings (SSSR count). The Morgan fingerprint density at radius 2 is 2.16 bits per heavy atom. The molecule has 19 heavy (non-hydrogen) atoms. The molecule has 0 bridgehead atoms. The lowest BCUT2D eigenvalue weighted by Crippen LogP contribution is -2.16. The van der Waals surface area contributed by atoms with Gasteiger partial charge in [0.1, 0.15) is 5.03 Å². The van der Waals surface area contributed by atoms with Crippen LogP contribution in [0.1, 0.15) is 30.0 Å². The number of aryl methyl sites for hydroxylation is 3. The zero-order valence-corrected chi connectivity index (χ0v) is 12.1. The van der Waals surface area contributed by atoms with Crippen molar-refractivity contribution in [2.45, 2.75) is 49.5 Å². The van der Waals surface area contributed by atoms with E-state index in [-0.39, 0.29) is 0 Å². The van der Waals surface area contributed by atoms with Crippen LogP contribution in [-0.4, -0.2) is 26.0 Å². The molecule has 2 heterocycles. The van der Waals surface area contributed by atoms with Gasteiger partial charge >= 0.3 is 0 Å². The van der Waals surface area contributed by atoms with Gasteiger partial charge in [-0.3, -0.25) is 4.68 Å². The Morgan fingerprint density at radius 3 is 2.79 bits per heavy atom. The first-order chi connectivity index (χ1) is 9.13. The minimum absolute atomic E-state index is 0.563. The minimum atomic E-state index is 0.563. The molecule has 7 heteroatoms. The summed E-state index contributed by atoms with van der Waals surface area (Å²) in [7, 11) is 1.94. The zero-order chi connectivity index (χ0) is 13.4. The highest BCUT2D eigenvalue weighted by Crippen LogP contribution is 2.31. The van der Waals surface area contributed by atoms with Crippen LogP contribution < -0.4 is 5.32 Å². The van der Waals surface area contributed by atoms with Crippen LogP contribution in [0.2, 0.25) is 0 Å². The van der Waals surface area contributed by atoms with E-state index in [0.717, 1.165) is 17.3 Å². The smallest absolute Gasteiger partial charge is 0.282 e. The lowest BCUT2D eigenvalue weighted by molar-refractivity contribution is 0.428. The van der Waals surface area contributed by atoms with Gasteiger partial charge in [-0.05, 0) is 31.5 Å². The first-order valence-electron chi connectivity index (χ1n) is 6.37. The van der Waals surface area contributed by atoms with Crippen molar-refractivity contribution in [3.63, 3.8) is 0 Å². The zero-order valence-electron chi connectivity index (χ0n) is 11.3. The molecule has 0 amide bonds. The van der Waals surface area contributed by atoms with Crippen LogP contribution in [0.15, 0.2) is 14.7 Å². The van der Waals surface area contributed by atoms with Gasteiger partial charge in [-0.1, -0.05) is 0 Å². The lowest BCUT2D eigenvalue weighted by Gasteiger charge is -2.05. The van der Waals surface area contributed by atoms with Crippen LogP contribution in [-0.2, 0) is 13.6 Å². The van der Waals surface area contributed by atoms with E-state index >= 15 is 0 Å². The molecule has 2 aromatic rings. The third-order valence-corrected chi connectivity index (χ3v) is 4.17. The molecule has 2 aromatic heterocycles. The maximum Gasteiger partial charge on any atom is 0.282 e. The monoisotopic (exact) mass is 279 g/mol. The van der Waals surface area contributed by atoms with Crippen LogP contribution in [0, 0.1) is 13.8 Å². The van der Waals surface area contributed by atoms with Crippen molar-refractivity contribution < 1.29 is 4.42 Å². The Morgan fingerprint density at radius 1 is 1.37 bits per heavy atom. The molecule has 1 aliphatic rings. The quantitative estimate of drug-likeness (QED) is 0.900. The highest BCUT2D eigenvalue weighted by atomic mass is 32.2. The molecule has 0 aromatic carbocycles. The lowest BCUT2D eigenvalue weighted by atomic mass is 10.2. The Bertz CT molecular complexity index is 587. The molecule has 1 aliphatic carbocycles. The van der Waals surface area contributed by atoms with Gasteiger partial charge in [-0.25, -0.2) is 0 Å². The van der Waals surface area contributed by atoms with Crippen molar-refractivity contribution in [3.8, 4) is 0 Å².